The molecule has 3 nitrogen and oxygen atoms in total. The zero-order chi connectivity index (χ0) is 15.3. The van der Waals surface area contributed by atoms with Crippen molar-refractivity contribution in [3.8, 4) is 0 Å². The van der Waals surface area contributed by atoms with Crippen molar-refractivity contribution < 1.29 is 9.29 Å². The maximum absolute atomic E-state index is 12.8. The van der Waals surface area contributed by atoms with Crippen LogP contribution in [-0.2, 0) is 22.6 Å². The average Bonchev–Trinajstić information content (AvgIpc) is 2.47. The van der Waals surface area contributed by atoms with Gasteiger partial charge in [-0.15, -0.1) is 4.31 Å². The molecule has 2 atom stereocenters. The molecule has 1 aromatic rings. The summed E-state index contributed by atoms with van der Waals surface area (Å²) < 4.78 is 20.2. The van der Waals surface area contributed by atoms with Crippen LogP contribution in [0.3, 0.4) is 0 Å². The Labute approximate surface area is 131 Å². The zero-order valence-corrected chi connectivity index (χ0v) is 13.9. The van der Waals surface area contributed by atoms with Crippen molar-refractivity contribution in [2.75, 3.05) is 6.54 Å². The summed E-state index contributed by atoms with van der Waals surface area (Å²) in [5.41, 5.74) is 1.18. The van der Waals surface area contributed by atoms with Crippen LogP contribution in [0.15, 0.2) is 42.7 Å². The first-order valence-electron chi connectivity index (χ1n) is 7.48. The van der Waals surface area contributed by atoms with Gasteiger partial charge in [-0.25, -0.2) is 0 Å². The van der Waals surface area contributed by atoms with E-state index in [1.165, 1.54) is 5.56 Å². The van der Waals surface area contributed by atoms with Crippen LogP contribution < -0.4 is 0 Å². The highest BCUT2D eigenvalue weighted by Gasteiger charge is 2.35. The molecule has 0 amide bonds. The molecule has 0 saturated heterocycles. The van der Waals surface area contributed by atoms with E-state index >= 15 is 0 Å². The predicted octanol–water partition coefficient (Wildman–Crippen LogP) is 3.64. The third kappa shape index (κ3) is 5.06. The van der Waals surface area contributed by atoms with Crippen LogP contribution in [0.5, 0.6) is 0 Å². The van der Waals surface area contributed by atoms with E-state index in [1.807, 2.05) is 49.4 Å². The summed E-state index contributed by atoms with van der Waals surface area (Å²) in [6.07, 6.45) is 5.97. The summed E-state index contributed by atoms with van der Waals surface area (Å²) in [5.74, 6) is 0. The first-order valence-corrected chi connectivity index (χ1v) is 8.59. The Morgan fingerprint density at radius 2 is 2.00 bits per heavy atom. The van der Waals surface area contributed by atoms with Crippen LogP contribution in [0, 0.1) is 0 Å². The quantitative estimate of drug-likeness (QED) is 0.779. The van der Waals surface area contributed by atoms with Gasteiger partial charge in [-0.1, -0.05) is 30.3 Å². The molecular formula is C17H25NO2S. The smallest absolute Gasteiger partial charge is 0.137 e. The third-order valence-corrected chi connectivity index (χ3v) is 5.18. The Kier molecular flexibility index (Phi) is 5.73. The van der Waals surface area contributed by atoms with Gasteiger partial charge in [0, 0.05) is 11.4 Å². The van der Waals surface area contributed by atoms with Gasteiger partial charge < -0.3 is 9.29 Å². The average molecular weight is 307 g/mol. The molecule has 4 heteroatoms. The lowest BCUT2D eigenvalue weighted by molar-refractivity contribution is 0.101. The Morgan fingerprint density at radius 3 is 2.57 bits per heavy atom. The second-order valence-corrected chi connectivity index (χ2v) is 8.62. The zero-order valence-electron chi connectivity index (χ0n) is 13.1. The van der Waals surface area contributed by atoms with E-state index < -0.39 is 11.4 Å². The number of ether oxygens (including phenoxy) is 1. The summed E-state index contributed by atoms with van der Waals surface area (Å²) in [4.78, 5) is 0. The van der Waals surface area contributed by atoms with Gasteiger partial charge in [0.25, 0.3) is 0 Å². The number of rotatable bonds is 5. The Hall–Kier alpha value is -0.970. The molecule has 1 aliphatic heterocycles. The van der Waals surface area contributed by atoms with Crippen LogP contribution in [-0.4, -0.2) is 26.3 Å². The molecule has 0 aliphatic carbocycles. The maximum Gasteiger partial charge on any atom is 0.137 e. The normalized spacial score (nSPS) is 20.3. The van der Waals surface area contributed by atoms with Gasteiger partial charge in [0.2, 0.25) is 0 Å². The molecular weight excluding hydrogens is 282 g/mol. The largest absolute Gasteiger partial charge is 0.597 e. The fourth-order valence-electron chi connectivity index (χ4n) is 2.31. The fraction of sp³-hybridized carbons (Fsp3) is 0.529. The van der Waals surface area contributed by atoms with Crippen LogP contribution in [0.2, 0.25) is 0 Å². The Balaban J connectivity index is 2.08. The number of allylic oxidation sites excluding steroid dienone is 1. The molecule has 0 saturated carbocycles. The van der Waals surface area contributed by atoms with E-state index in [0.717, 1.165) is 12.8 Å². The van der Waals surface area contributed by atoms with Crippen molar-refractivity contribution in [3.63, 3.8) is 0 Å². The van der Waals surface area contributed by atoms with Crippen LogP contribution in [0.1, 0.15) is 39.2 Å². The third-order valence-electron chi connectivity index (χ3n) is 3.39. The molecule has 1 heterocycles. The second-order valence-electron chi connectivity index (χ2n) is 6.38. The summed E-state index contributed by atoms with van der Waals surface area (Å²) in [7, 11) is 0. The summed E-state index contributed by atoms with van der Waals surface area (Å²) >= 11 is -1.05. The van der Waals surface area contributed by atoms with Crippen LogP contribution >= 0.6 is 0 Å². The number of hydrogen-bond donors (Lipinski definition) is 0. The fourth-order valence-corrected chi connectivity index (χ4v) is 3.65. The molecule has 0 spiro atoms. The van der Waals surface area contributed by atoms with E-state index in [-0.39, 0.29) is 10.9 Å². The van der Waals surface area contributed by atoms with E-state index in [2.05, 4.69) is 12.1 Å². The molecule has 2 rings (SSSR count). The lowest BCUT2D eigenvalue weighted by Gasteiger charge is -2.34. The van der Waals surface area contributed by atoms with Gasteiger partial charge >= 0.3 is 0 Å². The number of benzene rings is 1. The van der Waals surface area contributed by atoms with E-state index in [0.29, 0.717) is 13.1 Å². The predicted molar refractivity (Wildman–Crippen MR) is 88.0 cm³/mol. The highest BCUT2D eigenvalue weighted by atomic mass is 32.2. The van der Waals surface area contributed by atoms with Crippen molar-refractivity contribution in [3.05, 3.63) is 48.2 Å². The first-order chi connectivity index (χ1) is 9.97. The minimum atomic E-state index is -1.05. The van der Waals surface area contributed by atoms with Crippen LogP contribution in [0.25, 0.3) is 0 Å². The van der Waals surface area contributed by atoms with E-state index in [1.54, 1.807) is 6.26 Å². The summed E-state index contributed by atoms with van der Waals surface area (Å²) in [6.45, 7) is 7.44. The standard InChI is InChI=1S/C17H25NO2S/c1-17(2,3)21(19)18(13-15-9-5-4-6-10-15)14-16-11-7-8-12-20-16/h4-6,8-10,12,16H,7,11,13-14H2,1-3H3/t16-,21-/m0/s1. The first kappa shape index (κ1) is 16.4. The van der Waals surface area contributed by atoms with Gasteiger partial charge in [-0.05, 0) is 45.3 Å². The monoisotopic (exact) mass is 307 g/mol. The Bertz CT molecular complexity index is 456. The van der Waals surface area contributed by atoms with Crippen molar-refractivity contribution in [2.45, 2.75) is 51.0 Å². The lowest BCUT2D eigenvalue weighted by Crippen LogP contribution is -2.46. The molecule has 0 aromatic heterocycles. The summed E-state index contributed by atoms with van der Waals surface area (Å²) in [5, 5.41) is 0. The highest BCUT2D eigenvalue weighted by Crippen LogP contribution is 2.24. The molecule has 0 unspecified atom stereocenters. The number of nitrogens with zero attached hydrogens (tertiary/aromatic N) is 1. The van der Waals surface area contributed by atoms with Gasteiger partial charge in [-0.3, -0.25) is 0 Å². The maximum atomic E-state index is 12.8. The van der Waals surface area contributed by atoms with Crippen molar-refractivity contribution in [2.24, 2.45) is 0 Å². The van der Waals surface area contributed by atoms with E-state index in [9.17, 15) is 4.55 Å². The Morgan fingerprint density at radius 1 is 1.29 bits per heavy atom. The van der Waals surface area contributed by atoms with Gasteiger partial charge in [-0.2, -0.15) is 0 Å². The van der Waals surface area contributed by atoms with Crippen molar-refractivity contribution in [1.82, 2.24) is 4.31 Å². The number of hydrogen-bond acceptors (Lipinski definition) is 3. The highest BCUT2D eigenvalue weighted by molar-refractivity contribution is 7.90. The minimum absolute atomic E-state index is 0.130. The molecule has 1 aromatic carbocycles. The molecule has 21 heavy (non-hydrogen) atoms. The van der Waals surface area contributed by atoms with Gasteiger partial charge in [0.05, 0.1) is 19.4 Å². The summed E-state index contributed by atoms with van der Waals surface area (Å²) in [6, 6.07) is 10.2. The van der Waals surface area contributed by atoms with E-state index in [4.69, 9.17) is 4.74 Å². The topological polar surface area (TPSA) is 35.5 Å². The molecule has 0 radical (unpaired) electrons. The molecule has 0 fully saturated rings. The molecule has 0 N–H and O–H groups in total. The SMILES string of the molecule is CC(C)(C)[S@+]([O-])N(Cc1ccccc1)C[C@@H]1CCC=CO1. The second kappa shape index (κ2) is 7.34. The molecule has 116 valence electrons. The molecule has 0 bridgehead atoms. The minimum Gasteiger partial charge on any atom is -0.597 e. The van der Waals surface area contributed by atoms with Crippen LogP contribution in [0.4, 0.5) is 0 Å². The van der Waals surface area contributed by atoms with Crippen molar-refractivity contribution >= 4 is 11.4 Å². The lowest BCUT2D eigenvalue weighted by atomic mass is 10.1. The van der Waals surface area contributed by atoms with Crippen molar-refractivity contribution in [1.29, 1.82) is 0 Å². The molecule has 1 aliphatic rings. The van der Waals surface area contributed by atoms with Gasteiger partial charge in [0.1, 0.15) is 10.9 Å². The van der Waals surface area contributed by atoms with Gasteiger partial charge in [0.15, 0.2) is 0 Å².